The van der Waals surface area contributed by atoms with E-state index in [0.717, 1.165) is 6.54 Å². The summed E-state index contributed by atoms with van der Waals surface area (Å²) in [6.07, 6.45) is 0.605. The summed E-state index contributed by atoms with van der Waals surface area (Å²) in [7, 11) is 1.92. The van der Waals surface area contributed by atoms with Gasteiger partial charge in [0.1, 0.15) is 0 Å². The zero-order chi connectivity index (χ0) is 12.1. The van der Waals surface area contributed by atoms with Gasteiger partial charge in [0.15, 0.2) is 0 Å². The molecule has 4 nitrogen and oxygen atoms in total. The smallest absolute Gasteiger partial charge is 0.318 e. The Morgan fingerprint density at radius 1 is 1.24 bits per heavy atom. The van der Waals surface area contributed by atoms with Crippen molar-refractivity contribution < 1.29 is 4.42 Å². The van der Waals surface area contributed by atoms with E-state index in [4.69, 9.17) is 16.0 Å². The van der Waals surface area contributed by atoms with Crippen LogP contribution >= 0.6 is 11.6 Å². The first-order valence-electron chi connectivity index (χ1n) is 5.43. The van der Waals surface area contributed by atoms with Crippen LogP contribution in [-0.2, 0) is 13.0 Å². The first-order chi connectivity index (χ1) is 8.29. The molecule has 0 atom stereocenters. The lowest BCUT2D eigenvalue weighted by molar-refractivity contribution is 0.495. The van der Waals surface area contributed by atoms with Gasteiger partial charge in [0.25, 0.3) is 0 Å². The third-order valence-corrected chi connectivity index (χ3v) is 2.54. The van der Waals surface area contributed by atoms with Crippen LogP contribution < -0.4 is 4.90 Å². The molecule has 1 aromatic heterocycles. The molecule has 0 spiro atoms. The summed E-state index contributed by atoms with van der Waals surface area (Å²) in [4.78, 5) is 1.92. The Balaban J connectivity index is 2.01. The summed E-state index contributed by atoms with van der Waals surface area (Å²) in [5, 5.41) is 7.91. The summed E-state index contributed by atoms with van der Waals surface area (Å²) in [5.74, 6) is 1.07. The average molecular weight is 252 g/mol. The molecule has 0 fully saturated rings. The number of benzene rings is 1. The SMILES string of the molecule is CN(Cc1ccccc1)c1nnc(CCCl)o1. The molecule has 0 saturated heterocycles. The Hall–Kier alpha value is -1.55. The summed E-state index contributed by atoms with van der Waals surface area (Å²) < 4.78 is 5.48. The second kappa shape index (κ2) is 5.68. The van der Waals surface area contributed by atoms with E-state index in [1.54, 1.807) is 0 Å². The Labute approximate surface area is 105 Å². The molecule has 0 N–H and O–H groups in total. The molecule has 0 saturated carbocycles. The minimum Gasteiger partial charge on any atom is -0.408 e. The topological polar surface area (TPSA) is 42.2 Å². The largest absolute Gasteiger partial charge is 0.408 e. The Bertz CT molecular complexity index is 458. The van der Waals surface area contributed by atoms with E-state index in [2.05, 4.69) is 22.3 Å². The van der Waals surface area contributed by atoms with Gasteiger partial charge < -0.3 is 9.32 Å². The molecule has 90 valence electrons. The van der Waals surface area contributed by atoms with E-state index in [1.165, 1.54) is 5.56 Å². The Kier molecular flexibility index (Phi) is 3.98. The highest BCUT2D eigenvalue weighted by atomic mass is 35.5. The van der Waals surface area contributed by atoms with Gasteiger partial charge in [0.05, 0.1) is 0 Å². The monoisotopic (exact) mass is 251 g/mol. The van der Waals surface area contributed by atoms with E-state index >= 15 is 0 Å². The van der Waals surface area contributed by atoms with Gasteiger partial charge >= 0.3 is 6.01 Å². The quantitative estimate of drug-likeness (QED) is 0.766. The minimum absolute atomic E-state index is 0.490. The Morgan fingerprint density at radius 2 is 2.00 bits per heavy atom. The third kappa shape index (κ3) is 3.20. The number of alkyl halides is 1. The molecule has 0 unspecified atom stereocenters. The highest BCUT2D eigenvalue weighted by molar-refractivity contribution is 6.17. The lowest BCUT2D eigenvalue weighted by atomic mass is 10.2. The van der Waals surface area contributed by atoms with Crippen molar-refractivity contribution in [1.29, 1.82) is 0 Å². The van der Waals surface area contributed by atoms with Gasteiger partial charge in [0.2, 0.25) is 5.89 Å². The molecular weight excluding hydrogens is 238 g/mol. The van der Waals surface area contributed by atoms with Crippen molar-refractivity contribution in [3.8, 4) is 0 Å². The lowest BCUT2D eigenvalue weighted by Crippen LogP contribution is -2.16. The second-order valence-electron chi connectivity index (χ2n) is 3.76. The number of aromatic nitrogens is 2. The second-order valence-corrected chi connectivity index (χ2v) is 4.14. The van der Waals surface area contributed by atoms with Crippen molar-refractivity contribution in [3.05, 3.63) is 41.8 Å². The molecule has 17 heavy (non-hydrogen) atoms. The molecule has 1 heterocycles. The molecule has 0 aliphatic carbocycles. The van der Waals surface area contributed by atoms with Gasteiger partial charge in [0, 0.05) is 25.9 Å². The number of nitrogens with zero attached hydrogens (tertiary/aromatic N) is 3. The number of anilines is 1. The normalized spacial score (nSPS) is 10.5. The number of hydrogen-bond acceptors (Lipinski definition) is 4. The van der Waals surface area contributed by atoms with Gasteiger partial charge in [-0.1, -0.05) is 35.4 Å². The molecule has 0 aliphatic rings. The summed E-state index contributed by atoms with van der Waals surface area (Å²) in [6, 6.07) is 10.7. The average Bonchev–Trinajstić information content (AvgIpc) is 2.79. The summed E-state index contributed by atoms with van der Waals surface area (Å²) in [6.45, 7) is 0.739. The van der Waals surface area contributed by atoms with Crippen LogP contribution in [0.5, 0.6) is 0 Å². The molecule has 5 heteroatoms. The number of aryl methyl sites for hydroxylation is 1. The number of hydrogen-bond donors (Lipinski definition) is 0. The molecule has 2 rings (SSSR count). The van der Waals surface area contributed by atoms with Crippen LogP contribution in [0.15, 0.2) is 34.7 Å². The maximum Gasteiger partial charge on any atom is 0.318 e. The first-order valence-corrected chi connectivity index (χ1v) is 5.96. The van der Waals surface area contributed by atoms with Crippen LogP contribution in [0.4, 0.5) is 6.01 Å². The van der Waals surface area contributed by atoms with Gasteiger partial charge in [-0.3, -0.25) is 0 Å². The van der Waals surface area contributed by atoms with Crippen molar-refractivity contribution in [1.82, 2.24) is 10.2 Å². The van der Waals surface area contributed by atoms with E-state index in [0.29, 0.717) is 24.2 Å². The molecule has 2 aromatic rings. The van der Waals surface area contributed by atoms with Crippen molar-refractivity contribution in [2.45, 2.75) is 13.0 Å². The van der Waals surface area contributed by atoms with Crippen LogP contribution in [0.1, 0.15) is 11.5 Å². The van der Waals surface area contributed by atoms with Crippen molar-refractivity contribution in [2.24, 2.45) is 0 Å². The van der Waals surface area contributed by atoms with Crippen LogP contribution in [0, 0.1) is 0 Å². The van der Waals surface area contributed by atoms with Gasteiger partial charge in [-0.05, 0) is 5.56 Å². The predicted molar refractivity (Wildman–Crippen MR) is 67.3 cm³/mol. The highest BCUT2D eigenvalue weighted by Gasteiger charge is 2.10. The fourth-order valence-corrected chi connectivity index (χ4v) is 1.67. The third-order valence-electron chi connectivity index (χ3n) is 2.35. The van der Waals surface area contributed by atoms with Crippen molar-refractivity contribution in [2.75, 3.05) is 17.8 Å². The standard InChI is InChI=1S/C12H14ClN3O/c1-16(9-10-5-3-2-4-6-10)12-15-14-11(17-12)7-8-13/h2-6H,7-9H2,1H3. The van der Waals surface area contributed by atoms with E-state index < -0.39 is 0 Å². The zero-order valence-electron chi connectivity index (χ0n) is 9.64. The van der Waals surface area contributed by atoms with Crippen LogP contribution in [0.25, 0.3) is 0 Å². The molecule has 1 aromatic carbocycles. The maximum absolute atomic E-state index is 5.61. The van der Waals surface area contributed by atoms with E-state index in [-0.39, 0.29) is 0 Å². The van der Waals surface area contributed by atoms with Gasteiger partial charge in [-0.15, -0.1) is 16.7 Å². The first kappa shape index (κ1) is 11.9. The highest BCUT2D eigenvalue weighted by Crippen LogP contribution is 2.14. The fourth-order valence-electron chi connectivity index (χ4n) is 1.51. The minimum atomic E-state index is 0.490. The van der Waals surface area contributed by atoms with Crippen LogP contribution in [0.2, 0.25) is 0 Å². The zero-order valence-corrected chi connectivity index (χ0v) is 10.4. The summed E-state index contributed by atoms with van der Waals surface area (Å²) >= 11 is 5.61. The van der Waals surface area contributed by atoms with Gasteiger partial charge in [-0.2, -0.15) is 0 Å². The fraction of sp³-hybridized carbons (Fsp3) is 0.333. The van der Waals surface area contributed by atoms with Gasteiger partial charge in [-0.25, -0.2) is 0 Å². The Morgan fingerprint density at radius 3 is 2.71 bits per heavy atom. The maximum atomic E-state index is 5.61. The summed E-state index contributed by atoms with van der Waals surface area (Å²) in [5.41, 5.74) is 1.20. The molecule has 0 bridgehead atoms. The molecule has 0 aliphatic heterocycles. The molecule has 0 radical (unpaired) electrons. The molecular formula is C12H14ClN3O. The van der Waals surface area contributed by atoms with Crippen LogP contribution in [0.3, 0.4) is 0 Å². The predicted octanol–water partition coefficient (Wildman–Crippen LogP) is 2.49. The lowest BCUT2D eigenvalue weighted by Gasteiger charge is -2.13. The van der Waals surface area contributed by atoms with E-state index in [9.17, 15) is 0 Å². The van der Waals surface area contributed by atoms with Crippen molar-refractivity contribution in [3.63, 3.8) is 0 Å². The number of rotatable bonds is 5. The number of halogens is 1. The molecule has 0 amide bonds. The van der Waals surface area contributed by atoms with E-state index in [1.807, 2.05) is 30.1 Å². The van der Waals surface area contributed by atoms with Crippen LogP contribution in [-0.4, -0.2) is 23.1 Å². The van der Waals surface area contributed by atoms with Crippen molar-refractivity contribution >= 4 is 17.6 Å².